The van der Waals surface area contributed by atoms with E-state index >= 15 is 4.79 Å². The number of amides is 9. The number of methoxy groups -OCH3 is 1. The number of carboxylic acid groups (broad SMARTS) is 1. The van der Waals surface area contributed by atoms with Crippen molar-refractivity contribution in [1.29, 1.82) is 10.8 Å². The number of phenols is 3. The standard InChI is InChI=1S/C80H115N15O24S2/c1-12-28-94(73(111)67(87-41(5)97)79(9,10)121-120-31-30-117-77(114)92-48-34-56(118-40(4)61(48)101)119-53-36-80(115,54(99)38-96)35-45-58(53)65(105)60-59(63(45)103)62(102)44-17-13-21-52(116-11)57(44)64(60)104)37-55(100)88-46(18-14-26-85-75(81)82)68(106)89-47(19-15-27-86-76(83)84)72(110)95-29-16-20-51(95)70(108)90-49(33-42-22-24-43(98)25-23-42)69(107)93-66(78(6,7)8)71(109)91-50(74(112)113)32-39(2)3/h13,17,21-25,39-40,46-51,53,56,61,66-67,96,98,101,103,105,115H,12,14-16,18-20,26-38H2,1-11H3,(H,87,97)(H,88,100)(H,89,106)(H,90,108)(H,91,109)(H,92,114)(H,93,107)(H,112,113)(H4,81,82,85)(H4,83,84,86)/t40-,46-,47-,48-,49-,50-,51-,53-,56?,61+,66+,67+,80-/m0/s1. The zero-order valence-corrected chi connectivity index (χ0v) is 71.3. The molecule has 2 fully saturated rings. The van der Waals surface area contributed by atoms with E-state index in [1.807, 2.05) is 0 Å². The Kier molecular flexibility index (Phi) is 34.9. The molecule has 0 bridgehead atoms. The number of carboxylic acids is 1. The number of nitrogens with two attached hydrogens (primary N) is 2. The Bertz CT molecular complexity index is 4340. The Labute approximate surface area is 707 Å². The van der Waals surface area contributed by atoms with E-state index in [1.165, 1.54) is 73.2 Å². The maximum absolute atomic E-state index is 15.1. The van der Waals surface area contributed by atoms with Crippen molar-refractivity contribution < 1.29 is 117 Å². The number of guanidine groups is 2. The van der Waals surface area contributed by atoms with Gasteiger partial charge in [-0.05, 0) is 107 Å². The summed E-state index contributed by atoms with van der Waals surface area (Å²) in [5.41, 5.74) is 5.95. The number of ketones is 3. The van der Waals surface area contributed by atoms with Crippen LogP contribution in [0.5, 0.6) is 23.0 Å². The molecule has 666 valence electrons. The van der Waals surface area contributed by atoms with Gasteiger partial charge in [-0.2, -0.15) is 0 Å². The van der Waals surface area contributed by atoms with Gasteiger partial charge in [0, 0.05) is 86.0 Å². The van der Waals surface area contributed by atoms with Crippen molar-refractivity contribution in [3.8, 4) is 23.0 Å². The van der Waals surface area contributed by atoms with E-state index in [0.717, 1.165) is 21.6 Å². The normalized spacial score (nSPS) is 20.2. The fourth-order valence-corrected chi connectivity index (χ4v) is 17.4. The number of aromatic hydroxyl groups is 3. The Morgan fingerprint density at radius 3 is 2.02 bits per heavy atom. The number of nitrogens with one attached hydrogen (secondary N) is 11. The zero-order chi connectivity index (χ0) is 89.9. The van der Waals surface area contributed by atoms with Gasteiger partial charge >= 0.3 is 12.1 Å². The van der Waals surface area contributed by atoms with Gasteiger partial charge < -0.3 is 124 Å². The second-order valence-corrected chi connectivity index (χ2v) is 35.5. The summed E-state index contributed by atoms with van der Waals surface area (Å²) >= 11 is 0. The zero-order valence-electron chi connectivity index (χ0n) is 69.6. The molecule has 3 aromatic rings. The monoisotopic (exact) mass is 1730 g/mol. The molecule has 2 aliphatic heterocycles. The molecule has 0 radical (unpaired) electrons. The lowest BCUT2D eigenvalue weighted by Crippen LogP contribution is -2.61. The minimum Gasteiger partial charge on any atom is -0.508 e. The minimum absolute atomic E-state index is 0.00513. The highest BCUT2D eigenvalue weighted by atomic mass is 33.1. The van der Waals surface area contributed by atoms with Gasteiger partial charge in [0.2, 0.25) is 53.0 Å². The number of phenolic OH excluding ortho intramolecular Hbond substituents is 3. The van der Waals surface area contributed by atoms with Gasteiger partial charge in [-0.25, -0.2) is 9.59 Å². The van der Waals surface area contributed by atoms with Crippen LogP contribution in [0.1, 0.15) is 188 Å². The molecule has 22 N–H and O–H groups in total. The average molecular weight is 1740 g/mol. The average Bonchev–Trinajstić information content (AvgIpc) is 0.856. The fourth-order valence-electron chi connectivity index (χ4n) is 14.9. The smallest absolute Gasteiger partial charge is 0.407 e. The predicted molar refractivity (Wildman–Crippen MR) is 442 cm³/mol. The maximum Gasteiger partial charge on any atom is 0.407 e. The molecule has 121 heavy (non-hydrogen) atoms. The summed E-state index contributed by atoms with van der Waals surface area (Å²) in [6.45, 7) is 14.1. The van der Waals surface area contributed by atoms with Crippen LogP contribution >= 0.6 is 21.6 Å². The molecule has 4 aliphatic rings. The van der Waals surface area contributed by atoms with Crippen LogP contribution in [0.3, 0.4) is 0 Å². The minimum atomic E-state index is -2.47. The molecule has 0 saturated carbocycles. The van der Waals surface area contributed by atoms with Crippen LogP contribution in [-0.4, -0.2) is 270 Å². The van der Waals surface area contributed by atoms with E-state index in [-0.39, 0.29) is 142 Å². The van der Waals surface area contributed by atoms with E-state index in [9.17, 15) is 93.3 Å². The molecular weight excluding hydrogens is 1620 g/mol. The van der Waals surface area contributed by atoms with E-state index in [0.29, 0.717) is 12.0 Å². The third kappa shape index (κ3) is 25.7. The first-order chi connectivity index (χ1) is 56.9. The molecule has 7 rings (SSSR count). The number of aliphatic hydroxyl groups is 3. The predicted octanol–water partition coefficient (Wildman–Crippen LogP) is 0.739. The van der Waals surface area contributed by atoms with Crippen molar-refractivity contribution in [3.05, 3.63) is 81.4 Å². The van der Waals surface area contributed by atoms with E-state index in [4.69, 9.17) is 41.2 Å². The first kappa shape index (κ1) is 97.5. The van der Waals surface area contributed by atoms with Gasteiger partial charge in [0.05, 0.1) is 48.6 Å². The van der Waals surface area contributed by atoms with Gasteiger partial charge in [0.1, 0.15) is 90.2 Å². The number of hydrogen-bond acceptors (Lipinski definition) is 27. The van der Waals surface area contributed by atoms with Gasteiger partial charge in [0.15, 0.2) is 29.8 Å². The first-order valence-corrected chi connectivity index (χ1v) is 42.2. The van der Waals surface area contributed by atoms with Crippen LogP contribution in [0, 0.1) is 22.2 Å². The van der Waals surface area contributed by atoms with Gasteiger partial charge in [-0.1, -0.05) is 87.4 Å². The number of nitrogens with zero attached hydrogens (tertiary/aromatic N) is 2. The van der Waals surface area contributed by atoms with Gasteiger partial charge in [0.25, 0.3) is 0 Å². The number of rotatable bonds is 41. The summed E-state index contributed by atoms with van der Waals surface area (Å²) in [5.74, 6) is -13.0. The maximum atomic E-state index is 15.1. The van der Waals surface area contributed by atoms with Crippen molar-refractivity contribution in [2.24, 2.45) is 22.8 Å². The summed E-state index contributed by atoms with van der Waals surface area (Å²) in [7, 11) is 3.53. The number of fused-ring (bicyclic) bond motifs is 3. The molecule has 2 heterocycles. The van der Waals surface area contributed by atoms with Crippen molar-refractivity contribution in [3.63, 3.8) is 0 Å². The quantitative estimate of drug-likeness (QED) is 0.00958. The van der Waals surface area contributed by atoms with Crippen molar-refractivity contribution >= 4 is 110 Å². The number of carbonyl (C=O) groups is 13. The lowest BCUT2D eigenvalue weighted by Gasteiger charge is -2.42. The molecule has 2 aliphatic carbocycles. The molecule has 9 amide bonds. The lowest BCUT2D eigenvalue weighted by atomic mass is 9.72. The number of alkyl carbamates (subject to hydrolysis) is 1. The number of ether oxygens (including phenoxy) is 4. The molecule has 3 aromatic carbocycles. The second-order valence-electron chi connectivity index (χ2n) is 32.4. The van der Waals surface area contributed by atoms with Crippen molar-refractivity contribution in [2.75, 3.05) is 58.8 Å². The van der Waals surface area contributed by atoms with Crippen LogP contribution in [0.25, 0.3) is 0 Å². The van der Waals surface area contributed by atoms with Gasteiger partial charge in [-0.3, -0.25) is 63.6 Å². The Morgan fingerprint density at radius 1 is 0.793 bits per heavy atom. The second kappa shape index (κ2) is 43.3. The number of aliphatic hydroxyl groups excluding tert-OH is 2. The number of likely N-dealkylation sites (tertiary alicyclic amines) is 1. The summed E-state index contributed by atoms with van der Waals surface area (Å²) in [4.78, 5) is 185. The molecule has 1 unspecified atom stereocenters. The van der Waals surface area contributed by atoms with Crippen LogP contribution in [0.2, 0.25) is 0 Å². The first-order valence-electron chi connectivity index (χ1n) is 39.9. The third-order valence-corrected chi connectivity index (χ3v) is 24.2. The summed E-state index contributed by atoms with van der Waals surface area (Å²) in [6, 6.07) is -0.706. The van der Waals surface area contributed by atoms with Crippen molar-refractivity contribution in [2.45, 2.75) is 230 Å². The SMILES string of the molecule is CCCN(CC(=O)N[C@@H](CCCNC(=N)N)C(=O)N[C@@H](CCCNC(=N)N)C(=O)N1CCC[C@H]1C(=O)N[C@@H](Cc1ccc(O)cc1)C(=O)N[C@H](C(=O)N[C@@H](CC(C)C)C(=O)O)C(C)(C)C)C(=O)[C@@H](NC(C)=O)C(C)(C)SSCCOC(=O)N[C@H]1CC(O[C@H]2C[C@](O)(C(=O)CO)Cc3c(O)c4c(c(O)c32)C(=O)c2c(OC)cccc2C4=O)O[C@@H](C)[C@H]1O. The third-order valence-electron chi connectivity index (χ3n) is 21.0. The lowest BCUT2D eigenvalue weighted by molar-refractivity contribution is -0.249. The Morgan fingerprint density at radius 2 is 1.42 bits per heavy atom. The molecule has 39 nitrogen and oxygen atoms in total. The molecule has 2 saturated heterocycles. The number of Topliss-reactive ketones (excluding diaryl/α,β-unsaturated/α-hetero) is 1. The van der Waals surface area contributed by atoms with E-state index in [1.54, 1.807) is 55.4 Å². The van der Waals surface area contributed by atoms with Crippen LogP contribution in [0.15, 0.2) is 42.5 Å². The largest absolute Gasteiger partial charge is 0.508 e. The Hall–Kier alpha value is -10.6. The molecule has 41 heteroatoms. The van der Waals surface area contributed by atoms with Crippen LogP contribution in [-0.2, 0) is 75.0 Å². The highest BCUT2D eigenvalue weighted by Gasteiger charge is 2.52. The number of benzene rings is 3. The highest BCUT2D eigenvalue weighted by molar-refractivity contribution is 8.77. The Balaban J connectivity index is 1.01. The summed E-state index contributed by atoms with van der Waals surface area (Å²) in [6.07, 6.45) is -7.80. The summed E-state index contributed by atoms with van der Waals surface area (Å²) in [5, 5.41) is 116. The van der Waals surface area contributed by atoms with Crippen LogP contribution in [0.4, 0.5) is 4.79 Å². The van der Waals surface area contributed by atoms with Crippen LogP contribution < -0.4 is 64.1 Å². The molecule has 0 aromatic heterocycles. The number of carbonyl (C=O) groups excluding carboxylic acids is 12. The molecule has 0 spiro atoms. The van der Waals surface area contributed by atoms with E-state index < -0.39 is 220 Å². The highest BCUT2D eigenvalue weighted by Crippen LogP contribution is 2.53. The molecular formula is C80H115N15O24S2. The van der Waals surface area contributed by atoms with Crippen molar-refractivity contribution in [1.82, 2.24) is 57.7 Å². The number of aliphatic carboxylic acids is 1. The fraction of sp³-hybridized carbons (Fsp3) is 0.588. The number of hydrogen-bond donors (Lipinski definition) is 20. The van der Waals surface area contributed by atoms with E-state index in [2.05, 4.69) is 47.9 Å². The van der Waals surface area contributed by atoms with Gasteiger partial charge in [-0.15, -0.1) is 0 Å². The molecule has 13 atom stereocenters. The summed E-state index contributed by atoms with van der Waals surface area (Å²) < 4.78 is 22.0. The topological polar surface area (TPSA) is 615 Å².